The van der Waals surface area contributed by atoms with Gasteiger partial charge in [0.2, 0.25) is 23.3 Å². The number of rotatable bonds is 6. The van der Waals surface area contributed by atoms with Crippen LogP contribution in [0.4, 0.5) is 29.2 Å². The zero-order valence-corrected chi connectivity index (χ0v) is 25.9. The number of H-pyrrole nitrogens is 1. The molecule has 0 bridgehead atoms. The Morgan fingerprint density at radius 2 is 1.25 bits per heavy atom. The molecule has 0 radical (unpaired) electrons. The summed E-state index contributed by atoms with van der Waals surface area (Å²) in [5.41, 5.74) is 1.83. The number of piperidine rings is 2. The molecule has 2 aromatic carbocycles. The van der Waals surface area contributed by atoms with E-state index in [4.69, 9.17) is 15.0 Å². The number of amides is 1. The summed E-state index contributed by atoms with van der Waals surface area (Å²) in [6.45, 7) is 3.82. The molecule has 44 heavy (non-hydrogen) atoms. The summed E-state index contributed by atoms with van der Waals surface area (Å²) in [7, 11) is 0. The molecule has 2 saturated heterocycles. The van der Waals surface area contributed by atoms with E-state index in [0.29, 0.717) is 22.5 Å². The van der Waals surface area contributed by atoms with Gasteiger partial charge in [0.1, 0.15) is 5.56 Å². The zero-order chi connectivity index (χ0) is 26.6. The minimum absolute atomic E-state index is 0. The van der Waals surface area contributed by atoms with Crippen molar-refractivity contribution in [3.05, 3.63) is 70.5 Å². The molecule has 0 saturated carbocycles. The summed E-state index contributed by atoms with van der Waals surface area (Å²) >= 11 is 0. The number of nitrogens with one attached hydrogen (secondary N) is 3. The van der Waals surface area contributed by atoms with Crippen LogP contribution in [0.5, 0.6) is 0 Å². The van der Waals surface area contributed by atoms with E-state index < -0.39 is 5.91 Å². The molecule has 15 heteroatoms. The topological polar surface area (TPSA) is 259 Å². The summed E-state index contributed by atoms with van der Waals surface area (Å²) in [6.07, 6.45) is 8.51. The first-order chi connectivity index (χ1) is 19.1. The van der Waals surface area contributed by atoms with Crippen LogP contribution in [0.15, 0.2) is 59.5 Å². The first kappa shape index (κ1) is 37.7. The molecule has 2 aromatic heterocycles. The molecule has 2 aliphatic heterocycles. The SMILES string of the molecule is Cl.N.N.N.N.O=C(Nc1ccc(Nc2nc(N3CCCCC3)nc(N3CCCCC3)n2)cc1)c1c[nH]c2ccccc2c1=O.[HH].[HH].[HH].[HH]. The standard InChI is InChI=1S/C29H32N8O2.ClH.4H3N.4H2/c38-25-22-9-3-4-10-24(22)30-19-23(25)26(39)31-20-11-13-21(14-12-20)32-27-33-28(36-15-5-1-6-16-36)35-29(34-27)37-17-7-2-8-18-37;;;;;;;;;/h3-4,9-14,19H,1-2,5-8,15-18H2,(H,30,38)(H,31,39)(H,32,33,34,35);1H;4*1H3;4*1H. The second kappa shape index (κ2) is 17.1. The average Bonchev–Trinajstić information content (AvgIpc) is 2.99. The molecular formula is C29H53ClN12O2. The van der Waals surface area contributed by atoms with E-state index in [9.17, 15) is 9.59 Å². The van der Waals surface area contributed by atoms with Gasteiger partial charge < -0.3 is 50.0 Å². The number of benzene rings is 2. The number of aromatic amines is 1. The van der Waals surface area contributed by atoms with E-state index in [0.717, 1.165) is 69.4 Å². The predicted octanol–water partition coefficient (Wildman–Crippen LogP) is 6.74. The number of carbonyl (C=O) groups is 1. The van der Waals surface area contributed by atoms with Gasteiger partial charge in [0.25, 0.3) is 5.91 Å². The maximum atomic E-state index is 12.8. The molecule has 4 aromatic rings. The third kappa shape index (κ3) is 8.39. The summed E-state index contributed by atoms with van der Waals surface area (Å²) in [5.74, 6) is 1.48. The van der Waals surface area contributed by atoms with Gasteiger partial charge in [-0.05, 0) is 74.9 Å². The highest BCUT2D eigenvalue weighted by Crippen LogP contribution is 2.25. The molecule has 6 rings (SSSR count). The van der Waals surface area contributed by atoms with Crippen molar-refractivity contribution in [2.45, 2.75) is 38.5 Å². The number of aromatic nitrogens is 4. The van der Waals surface area contributed by atoms with E-state index in [1.165, 1.54) is 19.0 Å². The highest BCUT2D eigenvalue weighted by atomic mass is 35.5. The summed E-state index contributed by atoms with van der Waals surface area (Å²) < 4.78 is 0. The van der Waals surface area contributed by atoms with E-state index in [-0.39, 0.29) is 53.7 Å². The number of hydrogen-bond acceptors (Lipinski definition) is 12. The van der Waals surface area contributed by atoms with Crippen LogP contribution >= 0.6 is 12.4 Å². The molecular weight excluding hydrogens is 584 g/mol. The summed E-state index contributed by atoms with van der Waals surface area (Å²) in [4.78, 5) is 47.5. The van der Waals surface area contributed by atoms with Crippen molar-refractivity contribution in [3.63, 3.8) is 0 Å². The number of nitrogens with zero attached hydrogens (tertiary/aromatic N) is 5. The van der Waals surface area contributed by atoms with Crippen molar-refractivity contribution in [2.75, 3.05) is 46.6 Å². The number of carbonyl (C=O) groups excluding carboxylic acids is 1. The maximum absolute atomic E-state index is 12.8. The largest absolute Gasteiger partial charge is 0.360 e. The zero-order valence-electron chi connectivity index (χ0n) is 25.1. The Morgan fingerprint density at radius 3 is 1.82 bits per heavy atom. The van der Waals surface area contributed by atoms with Gasteiger partial charge in [0.05, 0.1) is 0 Å². The molecule has 0 spiro atoms. The van der Waals surface area contributed by atoms with E-state index in [1.807, 2.05) is 24.3 Å². The smallest absolute Gasteiger partial charge is 0.261 e. The number of halogens is 1. The van der Waals surface area contributed by atoms with Crippen LogP contribution in [0.1, 0.15) is 54.6 Å². The molecule has 15 N–H and O–H groups in total. The van der Waals surface area contributed by atoms with Crippen LogP contribution in [0.3, 0.4) is 0 Å². The lowest BCUT2D eigenvalue weighted by Crippen LogP contribution is -2.34. The monoisotopic (exact) mass is 636 g/mol. The third-order valence-electron chi connectivity index (χ3n) is 7.32. The normalized spacial score (nSPS) is 14.0. The molecule has 14 nitrogen and oxygen atoms in total. The van der Waals surface area contributed by atoms with Crippen LogP contribution in [0, 0.1) is 0 Å². The minimum atomic E-state index is -0.461. The first-order valence-corrected chi connectivity index (χ1v) is 13.7. The predicted molar refractivity (Wildman–Crippen MR) is 190 cm³/mol. The Hall–Kier alpha value is -4.34. The number of pyridine rings is 1. The second-order valence-corrected chi connectivity index (χ2v) is 10.1. The van der Waals surface area contributed by atoms with Crippen molar-refractivity contribution in [2.24, 2.45) is 0 Å². The highest BCUT2D eigenvalue weighted by Gasteiger charge is 2.20. The lowest BCUT2D eigenvalue weighted by molar-refractivity contribution is 0.102. The lowest BCUT2D eigenvalue weighted by Gasteiger charge is -2.30. The average molecular weight is 637 g/mol. The molecule has 1 amide bonds. The molecule has 2 fully saturated rings. The molecule has 4 heterocycles. The number of para-hydroxylation sites is 1. The molecule has 0 unspecified atom stereocenters. The molecule has 248 valence electrons. The fourth-order valence-electron chi connectivity index (χ4n) is 5.18. The summed E-state index contributed by atoms with van der Waals surface area (Å²) in [6, 6.07) is 14.4. The molecule has 2 aliphatic rings. The minimum Gasteiger partial charge on any atom is -0.360 e. The Labute approximate surface area is 269 Å². The fraction of sp³-hybridized carbons (Fsp3) is 0.345. The van der Waals surface area contributed by atoms with Crippen LogP contribution in [0.25, 0.3) is 10.9 Å². The summed E-state index contributed by atoms with van der Waals surface area (Å²) in [5, 5.41) is 6.62. The van der Waals surface area contributed by atoms with Gasteiger partial charge in [0, 0.05) is 60.4 Å². The van der Waals surface area contributed by atoms with E-state index in [2.05, 4.69) is 25.4 Å². The maximum Gasteiger partial charge on any atom is 0.261 e. The van der Waals surface area contributed by atoms with Gasteiger partial charge in [-0.2, -0.15) is 15.0 Å². The van der Waals surface area contributed by atoms with Gasteiger partial charge in [0.15, 0.2) is 0 Å². The van der Waals surface area contributed by atoms with Crippen LogP contribution < -0.4 is 50.5 Å². The Balaban J connectivity index is -0.00000108. The molecule has 0 atom stereocenters. The Morgan fingerprint density at radius 1 is 0.727 bits per heavy atom. The number of fused-ring (bicyclic) bond motifs is 1. The van der Waals surface area contributed by atoms with E-state index >= 15 is 0 Å². The molecule has 0 aliphatic carbocycles. The van der Waals surface area contributed by atoms with Gasteiger partial charge >= 0.3 is 0 Å². The van der Waals surface area contributed by atoms with Gasteiger partial charge in [-0.3, -0.25) is 9.59 Å². The van der Waals surface area contributed by atoms with Gasteiger partial charge in [-0.1, -0.05) is 12.1 Å². The van der Waals surface area contributed by atoms with Crippen molar-refractivity contribution < 1.29 is 10.5 Å². The van der Waals surface area contributed by atoms with E-state index in [1.54, 1.807) is 24.3 Å². The Bertz CT molecular complexity index is 1520. The third-order valence-corrected chi connectivity index (χ3v) is 7.32. The number of hydrogen-bond donors (Lipinski definition) is 7. The first-order valence-electron chi connectivity index (χ1n) is 13.7. The van der Waals surface area contributed by atoms with Crippen molar-refractivity contribution in [3.8, 4) is 0 Å². The van der Waals surface area contributed by atoms with Crippen LogP contribution in [-0.4, -0.2) is 52.0 Å². The van der Waals surface area contributed by atoms with Crippen LogP contribution in [0.2, 0.25) is 0 Å². The van der Waals surface area contributed by atoms with Gasteiger partial charge in [-0.25, -0.2) is 0 Å². The van der Waals surface area contributed by atoms with Crippen molar-refractivity contribution in [1.29, 1.82) is 0 Å². The van der Waals surface area contributed by atoms with Crippen molar-refractivity contribution >= 4 is 58.4 Å². The van der Waals surface area contributed by atoms with Gasteiger partial charge in [-0.15, -0.1) is 12.4 Å². The lowest BCUT2D eigenvalue weighted by atomic mass is 10.1. The fourth-order valence-corrected chi connectivity index (χ4v) is 5.18. The quantitative estimate of drug-likeness (QED) is 0.116. The second-order valence-electron chi connectivity index (χ2n) is 10.1. The Kier molecular flexibility index (Phi) is 14.6. The van der Waals surface area contributed by atoms with Crippen LogP contribution in [-0.2, 0) is 0 Å². The number of anilines is 5. The van der Waals surface area contributed by atoms with Crippen molar-refractivity contribution in [1.82, 2.24) is 44.5 Å². The highest BCUT2D eigenvalue weighted by molar-refractivity contribution is 6.05.